The van der Waals surface area contributed by atoms with Crippen LogP contribution in [0.4, 0.5) is 0 Å². The third-order valence-electron chi connectivity index (χ3n) is 3.16. The van der Waals surface area contributed by atoms with Crippen LogP contribution in [-0.2, 0) is 6.54 Å². The Morgan fingerprint density at radius 1 is 1.50 bits per heavy atom. The average Bonchev–Trinajstić information content (AvgIpc) is 2.79. The Morgan fingerprint density at radius 2 is 2.25 bits per heavy atom. The minimum atomic E-state index is 0.0200. The summed E-state index contributed by atoms with van der Waals surface area (Å²) in [4.78, 5) is 11.9. The van der Waals surface area contributed by atoms with Gasteiger partial charge in [-0.3, -0.25) is 9.48 Å². The number of nitrogens with one attached hydrogen (secondary N) is 1. The average molecular weight is 221 g/mol. The zero-order valence-corrected chi connectivity index (χ0v) is 9.78. The Bertz CT molecular complexity index is 353. The van der Waals surface area contributed by atoms with E-state index in [0.717, 1.165) is 19.4 Å². The van der Waals surface area contributed by atoms with E-state index in [-0.39, 0.29) is 5.91 Å². The number of aromatic nitrogens is 2. The molecule has 88 valence electrons. The molecule has 1 saturated carbocycles. The summed E-state index contributed by atoms with van der Waals surface area (Å²) in [6.45, 7) is 2.81. The molecule has 1 aliphatic carbocycles. The van der Waals surface area contributed by atoms with E-state index in [1.54, 1.807) is 17.1 Å². The second-order valence-electron chi connectivity index (χ2n) is 4.39. The number of carbonyl (C=O) groups is 1. The highest BCUT2D eigenvalue weighted by Gasteiger charge is 2.17. The van der Waals surface area contributed by atoms with E-state index >= 15 is 0 Å². The van der Waals surface area contributed by atoms with Crippen LogP contribution in [0.1, 0.15) is 49.4 Å². The Morgan fingerprint density at radius 3 is 2.88 bits per heavy atom. The van der Waals surface area contributed by atoms with Crippen molar-refractivity contribution < 1.29 is 4.79 Å². The molecule has 0 radical (unpaired) electrons. The van der Waals surface area contributed by atoms with Crippen LogP contribution in [0.15, 0.2) is 12.4 Å². The highest BCUT2D eigenvalue weighted by Crippen LogP contribution is 2.17. The minimum Gasteiger partial charge on any atom is -0.349 e. The van der Waals surface area contributed by atoms with E-state index in [1.807, 2.05) is 6.92 Å². The second kappa shape index (κ2) is 5.14. The van der Waals surface area contributed by atoms with Crippen molar-refractivity contribution in [3.63, 3.8) is 0 Å². The molecule has 0 bridgehead atoms. The van der Waals surface area contributed by atoms with Crippen molar-refractivity contribution in [1.82, 2.24) is 15.1 Å². The smallest absolute Gasteiger partial charge is 0.254 e. The summed E-state index contributed by atoms with van der Waals surface area (Å²) in [5.74, 6) is 0.0200. The molecule has 4 nitrogen and oxygen atoms in total. The molecular formula is C12H19N3O. The number of nitrogens with zero attached hydrogens (tertiary/aromatic N) is 2. The molecule has 0 atom stereocenters. The zero-order valence-electron chi connectivity index (χ0n) is 9.78. The van der Waals surface area contributed by atoms with E-state index in [0.29, 0.717) is 11.6 Å². The maximum atomic E-state index is 11.9. The molecule has 1 aromatic rings. The molecule has 1 N–H and O–H groups in total. The molecule has 1 amide bonds. The van der Waals surface area contributed by atoms with Crippen molar-refractivity contribution in [2.45, 2.75) is 51.6 Å². The number of hydrogen-bond donors (Lipinski definition) is 1. The summed E-state index contributed by atoms with van der Waals surface area (Å²) in [7, 11) is 0. The van der Waals surface area contributed by atoms with Crippen molar-refractivity contribution in [3.8, 4) is 0 Å². The fourth-order valence-corrected chi connectivity index (χ4v) is 2.17. The second-order valence-corrected chi connectivity index (χ2v) is 4.39. The van der Waals surface area contributed by atoms with Crippen LogP contribution in [0.5, 0.6) is 0 Å². The lowest BCUT2D eigenvalue weighted by molar-refractivity contribution is 0.0927. The van der Waals surface area contributed by atoms with Gasteiger partial charge >= 0.3 is 0 Å². The standard InChI is InChI=1S/C12H19N3O/c1-2-15-9-10(8-13-15)12(16)14-11-6-4-3-5-7-11/h8-9,11H,2-7H2,1H3,(H,14,16). The Kier molecular flexibility index (Phi) is 3.59. The molecule has 0 unspecified atom stereocenters. The summed E-state index contributed by atoms with van der Waals surface area (Å²) >= 11 is 0. The van der Waals surface area contributed by atoms with Gasteiger partial charge in [-0.1, -0.05) is 19.3 Å². The van der Waals surface area contributed by atoms with Crippen LogP contribution >= 0.6 is 0 Å². The molecule has 0 aliphatic heterocycles. The van der Waals surface area contributed by atoms with Crippen LogP contribution in [0.25, 0.3) is 0 Å². The van der Waals surface area contributed by atoms with Crippen LogP contribution < -0.4 is 5.32 Å². The van der Waals surface area contributed by atoms with Crippen molar-refractivity contribution in [2.24, 2.45) is 0 Å². The summed E-state index contributed by atoms with van der Waals surface area (Å²) in [6.07, 6.45) is 9.46. The van der Waals surface area contributed by atoms with Crippen LogP contribution in [0.2, 0.25) is 0 Å². The number of amides is 1. The third kappa shape index (κ3) is 2.62. The van der Waals surface area contributed by atoms with Gasteiger partial charge in [0.05, 0.1) is 11.8 Å². The molecule has 0 aromatic carbocycles. The Hall–Kier alpha value is -1.32. The van der Waals surface area contributed by atoms with E-state index in [1.165, 1.54) is 19.3 Å². The number of rotatable bonds is 3. The number of carbonyl (C=O) groups excluding carboxylic acids is 1. The predicted octanol–water partition coefficient (Wildman–Crippen LogP) is 1.97. The fourth-order valence-electron chi connectivity index (χ4n) is 2.17. The van der Waals surface area contributed by atoms with Gasteiger partial charge in [-0.25, -0.2) is 0 Å². The van der Waals surface area contributed by atoms with E-state index in [4.69, 9.17) is 0 Å². The van der Waals surface area contributed by atoms with E-state index in [9.17, 15) is 4.79 Å². The van der Waals surface area contributed by atoms with Crippen LogP contribution in [0.3, 0.4) is 0 Å². The first kappa shape index (κ1) is 11.2. The van der Waals surface area contributed by atoms with Gasteiger partial charge in [0.2, 0.25) is 0 Å². The lowest BCUT2D eigenvalue weighted by atomic mass is 9.95. The van der Waals surface area contributed by atoms with Crippen LogP contribution in [0, 0.1) is 0 Å². The third-order valence-corrected chi connectivity index (χ3v) is 3.16. The van der Waals surface area contributed by atoms with Crippen molar-refractivity contribution in [1.29, 1.82) is 0 Å². The minimum absolute atomic E-state index is 0.0200. The van der Waals surface area contributed by atoms with Gasteiger partial charge < -0.3 is 5.32 Å². The highest BCUT2D eigenvalue weighted by atomic mass is 16.1. The first-order valence-corrected chi connectivity index (χ1v) is 6.13. The van der Waals surface area contributed by atoms with Gasteiger partial charge in [-0.05, 0) is 19.8 Å². The van der Waals surface area contributed by atoms with Crippen molar-refractivity contribution >= 4 is 5.91 Å². The fraction of sp³-hybridized carbons (Fsp3) is 0.667. The zero-order chi connectivity index (χ0) is 11.4. The first-order valence-electron chi connectivity index (χ1n) is 6.13. The molecule has 1 aliphatic rings. The maximum absolute atomic E-state index is 11.9. The van der Waals surface area contributed by atoms with Gasteiger partial charge in [0, 0.05) is 18.8 Å². The molecule has 1 heterocycles. The van der Waals surface area contributed by atoms with Crippen molar-refractivity contribution in [3.05, 3.63) is 18.0 Å². The van der Waals surface area contributed by atoms with E-state index < -0.39 is 0 Å². The summed E-state index contributed by atoms with van der Waals surface area (Å²) in [5.41, 5.74) is 0.674. The summed E-state index contributed by atoms with van der Waals surface area (Å²) in [6, 6.07) is 0.367. The largest absolute Gasteiger partial charge is 0.349 e. The molecule has 0 saturated heterocycles. The summed E-state index contributed by atoms with van der Waals surface area (Å²) in [5, 5.41) is 7.18. The molecule has 0 spiro atoms. The lowest BCUT2D eigenvalue weighted by Gasteiger charge is -2.22. The van der Waals surface area contributed by atoms with Gasteiger partial charge in [0.15, 0.2) is 0 Å². The first-order chi connectivity index (χ1) is 7.79. The van der Waals surface area contributed by atoms with Crippen molar-refractivity contribution in [2.75, 3.05) is 0 Å². The number of hydrogen-bond acceptors (Lipinski definition) is 2. The topological polar surface area (TPSA) is 46.9 Å². The van der Waals surface area contributed by atoms with Crippen LogP contribution in [-0.4, -0.2) is 21.7 Å². The monoisotopic (exact) mass is 221 g/mol. The molecule has 1 fully saturated rings. The van der Waals surface area contributed by atoms with Gasteiger partial charge in [0.1, 0.15) is 0 Å². The number of aryl methyl sites for hydroxylation is 1. The maximum Gasteiger partial charge on any atom is 0.254 e. The van der Waals surface area contributed by atoms with Gasteiger partial charge in [-0.2, -0.15) is 5.10 Å². The predicted molar refractivity (Wildman–Crippen MR) is 62.2 cm³/mol. The quantitative estimate of drug-likeness (QED) is 0.848. The Labute approximate surface area is 96.0 Å². The molecular weight excluding hydrogens is 202 g/mol. The molecule has 16 heavy (non-hydrogen) atoms. The lowest BCUT2D eigenvalue weighted by Crippen LogP contribution is -2.35. The molecule has 2 rings (SSSR count). The summed E-state index contributed by atoms with van der Waals surface area (Å²) < 4.78 is 1.77. The molecule has 4 heteroatoms. The van der Waals surface area contributed by atoms with Gasteiger partial charge in [-0.15, -0.1) is 0 Å². The highest BCUT2D eigenvalue weighted by molar-refractivity contribution is 5.93. The molecule has 1 aromatic heterocycles. The normalized spacial score (nSPS) is 17.3. The SMILES string of the molecule is CCn1cc(C(=O)NC2CCCCC2)cn1. The Balaban J connectivity index is 1.91. The van der Waals surface area contributed by atoms with E-state index in [2.05, 4.69) is 10.4 Å². The van der Waals surface area contributed by atoms with Gasteiger partial charge in [0.25, 0.3) is 5.91 Å².